The normalized spacial score (nSPS) is 9.37. The lowest BCUT2D eigenvalue weighted by Gasteiger charge is -2.03. The van der Waals surface area contributed by atoms with E-state index in [0.717, 1.165) is 16.7 Å². The Labute approximate surface area is 113 Å². The molecule has 0 heterocycles. The first-order chi connectivity index (χ1) is 9.13. The minimum atomic E-state index is -0.547. The molecule has 0 N–H and O–H groups in total. The number of hydrogen-bond donors (Lipinski definition) is 0. The number of rotatable bonds is 1. The zero-order valence-corrected chi connectivity index (χ0v) is 10.9. The van der Waals surface area contributed by atoms with Crippen LogP contribution in [-0.4, -0.2) is 5.97 Å². The molecule has 2 heteroatoms. The smallest absolute Gasteiger partial charge is 0.390 e. The van der Waals surface area contributed by atoms with Crippen molar-refractivity contribution in [3.8, 4) is 17.6 Å². The molecule has 0 aliphatic carbocycles. The van der Waals surface area contributed by atoms with Crippen molar-refractivity contribution < 1.29 is 9.53 Å². The third-order valence-electron chi connectivity index (χ3n) is 2.49. The van der Waals surface area contributed by atoms with Crippen LogP contribution in [0.1, 0.15) is 16.7 Å². The van der Waals surface area contributed by atoms with Crippen LogP contribution in [0, 0.1) is 25.7 Å². The highest BCUT2D eigenvalue weighted by atomic mass is 16.5. The van der Waals surface area contributed by atoms with Crippen molar-refractivity contribution in [3.63, 3.8) is 0 Å². The van der Waals surface area contributed by atoms with Crippen molar-refractivity contribution in [2.24, 2.45) is 0 Å². The van der Waals surface area contributed by atoms with Crippen LogP contribution in [0.4, 0.5) is 0 Å². The topological polar surface area (TPSA) is 26.3 Å². The number of carbonyl (C=O) groups is 1. The van der Waals surface area contributed by atoms with Crippen LogP contribution in [0.15, 0.2) is 48.5 Å². The van der Waals surface area contributed by atoms with E-state index in [1.807, 2.05) is 62.4 Å². The van der Waals surface area contributed by atoms with E-state index in [1.54, 1.807) is 0 Å². The molecular formula is C17H14O2. The Hall–Kier alpha value is -2.53. The molecule has 19 heavy (non-hydrogen) atoms. The fourth-order valence-electron chi connectivity index (χ4n) is 1.77. The van der Waals surface area contributed by atoms with E-state index < -0.39 is 5.97 Å². The molecule has 0 saturated carbocycles. The molecule has 2 rings (SSSR count). The summed E-state index contributed by atoms with van der Waals surface area (Å²) in [7, 11) is 0. The third kappa shape index (κ3) is 4.01. The van der Waals surface area contributed by atoms with E-state index in [4.69, 9.17) is 4.74 Å². The Balaban J connectivity index is 2.08. The SMILES string of the molecule is Cc1cc(C)cc(OC(=O)C#Cc2ccccc2)c1. The number of carbonyl (C=O) groups excluding carboxylic acids is 1. The summed E-state index contributed by atoms with van der Waals surface area (Å²) in [5, 5.41) is 0. The fraction of sp³-hybridized carbons (Fsp3) is 0.118. The monoisotopic (exact) mass is 250 g/mol. The molecular weight excluding hydrogens is 236 g/mol. The van der Waals surface area contributed by atoms with Crippen molar-refractivity contribution in [1.82, 2.24) is 0 Å². The molecule has 0 amide bonds. The van der Waals surface area contributed by atoms with Gasteiger partial charge in [-0.1, -0.05) is 30.2 Å². The fourth-order valence-corrected chi connectivity index (χ4v) is 1.77. The molecule has 0 aliphatic rings. The molecule has 0 saturated heterocycles. The van der Waals surface area contributed by atoms with Gasteiger partial charge in [-0.05, 0) is 49.2 Å². The summed E-state index contributed by atoms with van der Waals surface area (Å²) in [6.07, 6.45) is 0. The summed E-state index contributed by atoms with van der Waals surface area (Å²) >= 11 is 0. The molecule has 0 atom stereocenters. The minimum absolute atomic E-state index is 0.532. The predicted octanol–water partition coefficient (Wildman–Crippen LogP) is 3.26. The Morgan fingerprint density at radius 2 is 1.63 bits per heavy atom. The van der Waals surface area contributed by atoms with E-state index >= 15 is 0 Å². The average molecular weight is 250 g/mol. The number of esters is 1. The number of aryl methyl sites for hydroxylation is 2. The molecule has 2 nitrogen and oxygen atoms in total. The van der Waals surface area contributed by atoms with Gasteiger partial charge in [-0.2, -0.15) is 0 Å². The molecule has 94 valence electrons. The van der Waals surface area contributed by atoms with Gasteiger partial charge in [0, 0.05) is 11.5 Å². The molecule has 0 fully saturated rings. The van der Waals surface area contributed by atoms with E-state index in [0.29, 0.717) is 5.75 Å². The Morgan fingerprint density at radius 3 is 2.26 bits per heavy atom. The van der Waals surface area contributed by atoms with Crippen molar-refractivity contribution in [1.29, 1.82) is 0 Å². The van der Waals surface area contributed by atoms with Gasteiger partial charge in [-0.15, -0.1) is 0 Å². The van der Waals surface area contributed by atoms with Crippen molar-refractivity contribution in [2.45, 2.75) is 13.8 Å². The molecule has 2 aromatic rings. The first-order valence-electron chi connectivity index (χ1n) is 6.01. The lowest BCUT2D eigenvalue weighted by atomic mass is 10.1. The second kappa shape index (κ2) is 5.88. The van der Waals surface area contributed by atoms with Gasteiger partial charge in [0.25, 0.3) is 0 Å². The largest absolute Gasteiger partial charge is 0.417 e. The van der Waals surface area contributed by atoms with Crippen LogP contribution in [-0.2, 0) is 4.79 Å². The summed E-state index contributed by atoms with van der Waals surface area (Å²) in [4.78, 5) is 11.6. The predicted molar refractivity (Wildman–Crippen MR) is 74.9 cm³/mol. The first kappa shape index (κ1) is 12.9. The van der Waals surface area contributed by atoms with Gasteiger partial charge in [0.15, 0.2) is 0 Å². The molecule has 0 bridgehead atoms. The summed E-state index contributed by atoms with van der Waals surface area (Å²) in [6.45, 7) is 3.92. The molecule has 0 spiro atoms. The van der Waals surface area contributed by atoms with Crippen LogP contribution in [0.5, 0.6) is 5.75 Å². The van der Waals surface area contributed by atoms with E-state index in [1.165, 1.54) is 0 Å². The average Bonchev–Trinajstić information content (AvgIpc) is 2.36. The summed E-state index contributed by atoms with van der Waals surface area (Å²) in [5.41, 5.74) is 2.90. The van der Waals surface area contributed by atoms with Gasteiger partial charge in [-0.25, -0.2) is 4.79 Å². The van der Waals surface area contributed by atoms with Gasteiger partial charge in [-0.3, -0.25) is 0 Å². The van der Waals surface area contributed by atoms with Crippen molar-refractivity contribution >= 4 is 5.97 Å². The summed E-state index contributed by atoms with van der Waals surface area (Å²) in [6, 6.07) is 15.0. The molecule has 0 radical (unpaired) electrons. The highest BCUT2D eigenvalue weighted by Crippen LogP contribution is 2.16. The Bertz CT molecular complexity index is 626. The second-order valence-corrected chi connectivity index (χ2v) is 4.33. The maximum Gasteiger partial charge on any atom is 0.390 e. The van der Waals surface area contributed by atoms with Crippen molar-refractivity contribution in [2.75, 3.05) is 0 Å². The standard InChI is InChI=1S/C17H14O2/c1-13-10-14(2)12-16(11-13)19-17(18)9-8-15-6-4-3-5-7-15/h3-7,10-12H,1-2H3. The van der Waals surface area contributed by atoms with Crippen LogP contribution in [0.25, 0.3) is 0 Å². The van der Waals surface area contributed by atoms with Crippen LogP contribution in [0.2, 0.25) is 0 Å². The number of benzene rings is 2. The molecule has 0 aromatic heterocycles. The van der Waals surface area contributed by atoms with Gasteiger partial charge >= 0.3 is 5.97 Å². The van der Waals surface area contributed by atoms with Gasteiger partial charge in [0.05, 0.1) is 0 Å². The number of hydrogen-bond acceptors (Lipinski definition) is 2. The third-order valence-corrected chi connectivity index (χ3v) is 2.49. The van der Waals surface area contributed by atoms with E-state index in [-0.39, 0.29) is 0 Å². The van der Waals surface area contributed by atoms with Crippen molar-refractivity contribution in [3.05, 3.63) is 65.2 Å². The molecule has 0 unspecified atom stereocenters. The Kier molecular flexibility index (Phi) is 4.00. The van der Waals surface area contributed by atoms with Crippen LogP contribution in [0.3, 0.4) is 0 Å². The van der Waals surface area contributed by atoms with Crippen LogP contribution >= 0.6 is 0 Å². The van der Waals surface area contributed by atoms with Crippen LogP contribution < -0.4 is 4.74 Å². The summed E-state index contributed by atoms with van der Waals surface area (Å²) < 4.78 is 5.19. The quantitative estimate of drug-likeness (QED) is 0.441. The first-order valence-corrected chi connectivity index (χ1v) is 6.01. The highest BCUT2D eigenvalue weighted by Gasteiger charge is 2.02. The lowest BCUT2D eigenvalue weighted by molar-refractivity contribution is -0.128. The summed E-state index contributed by atoms with van der Waals surface area (Å²) in [5.74, 6) is 5.23. The van der Waals surface area contributed by atoms with E-state index in [2.05, 4.69) is 11.8 Å². The highest BCUT2D eigenvalue weighted by molar-refractivity contribution is 5.90. The van der Waals surface area contributed by atoms with Gasteiger partial charge < -0.3 is 4.74 Å². The zero-order valence-electron chi connectivity index (χ0n) is 10.9. The van der Waals surface area contributed by atoms with Gasteiger partial charge in [0.2, 0.25) is 0 Å². The molecule has 0 aliphatic heterocycles. The zero-order chi connectivity index (χ0) is 13.7. The maximum absolute atomic E-state index is 11.6. The maximum atomic E-state index is 11.6. The lowest BCUT2D eigenvalue weighted by Crippen LogP contribution is -2.04. The molecule has 2 aromatic carbocycles. The Morgan fingerprint density at radius 1 is 1.00 bits per heavy atom. The van der Waals surface area contributed by atoms with Gasteiger partial charge in [0.1, 0.15) is 5.75 Å². The second-order valence-electron chi connectivity index (χ2n) is 4.33. The van der Waals surface area contributed by atoms with E-state index in [9.17, 15) is 4.79 Å². The minimum Gasteiger partial charge on any atom is -0.417 e. The number of ether oxygens (including phenoxy) is 1.